The molecule has 0 spiro atoms. The van der Waals surface area contributed by atoms with Crippen LogP contribution in [0.25, 0.3) is 99.1 Å². The molecule has 0 fully saturated rings. The van der Waals surface area contributed by atoms with E-state index in [-0.39, 0.29) is 0 Å². The summed E-state index contributed by atoms with van der Waals surface area (Å²) in [5.41, 5.74) is 16.4. The van der Waals surface area contributed by atoms with E-state index in [1.807, 2.05) is 0 Å². The Morgan fingerprint density at radius 3 is 1.41 bits per heavy atom. The van der Waals surface area contributed by atoms with Gasteiger partial charge in [0.25, 0.3) is 0 Å². The van der Waals surface area contributed by atoms with E-state index in [2.05, 4.69) is 254 Å². The molecule has 0 atom stereocenters. The molecule has 0 bridgehead atoms. The molecule has 0 radical (unpaired) electrons. The summed E-state index contributed by atoms with van der Waals surface area (Å²) in [4.78, 5) is 2.44. The van der Waals surface area contributed by atoms with Crippen LogP contribution >= 0.6 is 0 Å². The van der Waals surface area contributed by atoms with E-state index in [1.54, 1.807) is 0 Å². The van der Waals surface area contributed by atoms with Crippen LogP contribution in [-0.4, -0.2) is 0 Å². The van der Waals surface area contributed by atoms with Gasteiger partial charge in [-0.2, -0.15) is 0 Å². The summed E-state index contributed by atoms with van der Waals surface area (Å²) in [7, 11) is 0. The van der Waals surface area contributed by atoms with E-state index in [0.29, 0.717) is 0 Å². The van der Waals surface area contributed by atoms with Crippen LogP contribution in [0.3, 0.4) is 0 Å². The van der Waals surface area contributed by atoms with Gasteiger partial charge in [0.05, 0.1) is 5.69 Å². The van der Waals surface area contributed by atoms with E-state index >= 15 is 0 Å². The lowest BCUT2D eigenvalue weighted by Gasteiger charge is -2.29. The molecule has 300 valence electrons. The van der Waals surface area contributed by atoms with Crippen LogP contribution in [0.15, 0.2) is 253 Å². The normalized spacial score (nSPS) is 11.4. The maximum atomic E-state index is 7.10. The highest BCUT2D eigenvalue weighted by Crippen LogP contribution is 2.48. The molecule has 12 aromatic rings. The van der Waals surface area contributed by atoms with Gasteiger partial charge < -0.3 is 9.32 Å². The minimum atomic E-state index is 0.841. The van der Waals surface area contributed by atoms with Gasteiger partial charge in [0, 0.05) is 33.1 Å². The first-order valence-corrected chi connectivity index (χ1v) is 21.9. The highest BCUT2D eigenvalue weighted by Gasteiger charge is 2.24. The molecule has 64 heavy (non-hydrogen) atoms. The molecule has 0 aliphatic rings. The number of anilines is 3. The summed E-state index contributed by atoms with van der Waals surface area (Å²) in [6.07, 6.45) is 0. The van der Waals surface area contributed by atoms with Crippen molar-refractivity contribution in [3.8, 4) is 55.6 Å². The van der Waals surface area contributed by atoms with Crippen molar-refractivity contribution in [3.05, 3.63) is 249 Å². The largest absolute Gasteiger partial charge is 0.455 e. The Kier molecular flexibility index (Phi) is 9.20. The van der Waals surface area contributed by atoms with Crippen molar-refractivity contribution in [2.75, 3.05) is 4.90 Å². The second kappa shape index (κ2) is 15.8. The average molecular weight is 816 g/mol. The SMILES string of the molecule is c1ccc(-c2ccc(N(c3ccc4ccccc4c3)c3cc4c(cc3-c3cc(-c5ccccc5)cc(-c5ccccc5)c3)oc3c5ccccc5c(-c5ccccc5)cc43)cc2)cc1. The Balaban J connectivity index is 1.18. The highest BCUT2D eigenvalue weighted by atomic mass is 16.3. The van der Waals surface area contributed by atoms with Crippen molar-refractivity contribution in [2.24, 2.45) is 0 Å². The van der Waals surface area contributed by atoms with Crippen LogP contribution in [-0.2, 0) is 0 Å². The molecule has 0 N–H and O–H groups in total. The molecular weight excluding hydrogens is 775 g/mol. The van der Waals surface area contributed by atoms with Crippen molar-refractivity contribution in [1.29, 1.82) is 0 Å². The third-order valence-corrected chi connectivity index (χ3v) is 12.6. The number of rotatable bonds is 8. The van der Waals surface area contributed by atoms with Gasteiger partial charge in [-0.1, -0.05) is 188 Å². The van der Waals surface area contributed by atoms with Crippen molar-refractivity contribution >= 4 is 60.5 Å². The second-order valence-corrected chi connectivity index (χ2v) is 16.5. The lowest BCUT2D eigenvalue weighted by Crippen LogP contribution is -2.11. The van der Waals surface area contributed by atoms with Gasteiger partial charge in [0.1, 0.15) is 11.2 Å². The van der Waals surface area contributed by atoms with Gasteiger partial charge in [0.15, 0.2) is 0 Å². The predicted molar refractivity (Wildman–Crippen MR) is 271 cm³/mol. The number of nitrogens with zero attached hydrogens (tertiary/aromatic N) is 1. The number of fused-ring (bicyclic) bond motifs is 6. The van der Waals surface area contributed by atoms with Crippen LogP contribution in [0.1, 0.15) is 0 Å². The summed E-state index contributed by atoms with van der Waals surface area (Å²) < 4.78 is 7.10. The third-order valence-electron chi connectivity index (χ3n) is 12.6. The van der Waals surface area contributed by atoms with Gasteiger partial charge in [0.2, 0.25) is 0 Å². The smallest absolute Gasteiger partial charge is 0.143 e. The van der Waals surface area contributed by atoms with Crippen LogP contribution in [0.4, 0.5) is 17.1 Å². The van der Waals surface area contributed by atoms with Crippen LogP contribution in [0, 0.1) is 0 Å². The van der Waals surface area contributed by atoms with Gasteiger partial charge in [-0.05, 0) is 127 Å². The number of furan rings is 1. The zero-order valence-corrected chi connectivity index (χ0v) is 35.0. The van der Waals surface area contributed by atoms with Gasteiger partial charge in [-0.25, -0.2) is 0 Å². The molecule has 0 unspecified atom stereocenters. The minimum Gasteiger partial charge on any atom is -0.455 e. The summed E-state index contributed by atoms with van der Waals surface area (Å²) in [5.74, 6) is 0. The molecule has 11 aromatic carbocycles. The topological polar surface area (TPSA) is 16.4 Å². The Hall–Kier alpha value is -8.46. The van der Waals surface area contributed by atoms with E-state index in [4.69, 9.17) is 4.42 Å². The molecular formula is C62H41NO. The molecule has 2 nitrogen and oxygen atoms in total. The van der Waals surface area contributed by atoms with Gasteiger partial charge in [-0.15, -0.1) is 0 Å². The van der Waals surface area contributed by atoms with Crippen LogP contribution in [0.5, 0.6) is 0 Å². The monoisotopic (exact) mass is 815 g/mol. The molecule has 2 heteroatoms. The Morgan fingerprint density at radius 2 is 0.766 bits per heavy atom. The van der Waals surface area contributed by atoms with E-state index < -0.39 is 0 Å². The quantitative estimate of drug-likeness (QED) is 0.152. The fourth-order valence-corrected chi connectivity index (χ4v) is 9.46. The van der Waals surface area contributed by atoms with E-state index in [0.717, 1.165) is 77.8 Å². The third kappa shape index (κ3) is 6.70. The van der Waals surface area contributed by atoms with Crippen molar-refractivity contribution in [2.45, 2.75) is 0 Å². The number of benzene rings is 11. The molecule has 0 amide bonds. The van der Waals surface area contributed by atoms with E-state index in [9.17, 15) is 0 Å². The lowest BCUT2D eigenvalue weighted by atomic mass is 9.91. The van der Waals surface area contributed by atoms with Crippen molar-refractivity contribution in [1.82, 2.24) is 0 Å². The molecule has 1 heterocycles. The molecule has 1 aromatic heterocycles. The second-order valence-electron chi connectivity index (χ2n) is 16.5. The van der Waals surface area contributed by atoms with Crippen molar-refractivity contribution in [3.63, 3.8) is 0 Å². The van der Waals surface area contributed by atoms with Crippen molar-refractivity contribution < 1.29 is 4.42 Å². The molecule has 0 aliphatic carbocycles. The lowest BCUT2D eigenvalue weighted by molar-refractivity contribution is 0.673. The predicted octanol–water partition coefficient (Wildman–Crippen LogP) is 17.7. The zero-order valence-electron chi connectivity index (χ0n) is 35.0. The summed E-state index contributed by atoms with van der Waals surface area (Å²) in [6.45, 7) is 0. The van der Waals surface area contributed by atoms with Crippen LogP contribution in [0.2, 0.25) is 0 Å². The number of hydrogen-bond acceptors (Lipinski definition) is 2. The maximum Gasteiger partial charge on any atom is 0.143 e. The average Bonchev–Trinajstić information content (AvgIpc) is 3.74. The zero-order chi connectivity index (χ0) is 42.4. The van der Waals surface area contributed by atoms with Gasteiger partial charge >= 0.3 is 0 Å². The first-order valence-electron chi connectivity index (χ1n) is 21.9. The Labute approximate surface area is 372 Å². The fraction of sp³-hybridized carbons (Fsp3) is 0. The van der Waals surface area contributed by atoms with Crippen LogP contribution < -0.4 is 4.90 Å². The van der Waals surface area contributed by atoms with Gasteiger partial charge in [-0.3, -0.25) is 0 Å². The molecule has 0 saturated carbocycles. The summed E-state index contributed by atoms with van der Waals surface area (Å²) in [5, 5.41) is 6.79. The highest BCUT2D eigenvalue weighted by molar-refractivity contribution is 6.20. The first-order chi connectivity index (χ1) is 31.7. The Bertz CT molecular complexity index is 3570. The summed E-state index contributed by atoms with van der Waals surface area (Å²) >= 11 is 0. The molecule has 0 aliphatic heterocycles. The Morgan fingerprint density at radius 1 is 0.266 bits per heavy atom. The first kappa shape index (κ1) is 37.3. The molecule has 12 rings (SSSR count). The fourth-order valence-electron chi connectivity index (χ4n) is 9.46. The number of hydrogen-bond donors (Lipinski definition) is 0. The minimum absolute atomic E-state index is 0.841. The van der Waals surface area contributed by atoms with E-state index in [1.165, 1.54) is 38.4 Å². The maximum absolute atomic E-state index is 7.10. The standard InChI is InChI=1S/C62H41NO/c1-5-17-42(18-6-1)46-29-32-52(33-30-46)63(53-34-31-45-23-13-14-26-48(45)38-53)60-40-58-59-39-56(47-24-11-4-12-25-47)54-27-15-16-28-55(54)62(59)64-61(58)41-57(60)51-36-49(43-19-7-2-8-20-43)35-50(37-51)44-21-9-3-10-22-44/h1-41H. The summed E-state index contributed by atoms with van der Waals surface area (Å²) in [6, 6.07) is 89.8. The molecule has 0 saturated heterocycles.